The number of ketones is 2. The summed E-state index contributed by atoms with van der Waals surface area (Å²) in [5, 5.41) is 0. The van der Waals surface area contributed by atoms with Crippen molar-refractivity contribution < 1.29 is 14.3 Å². The van der Waals surface area contributed by atoms with Crippen LogP contribution in [-0.2, 0) is 0 Å². The van der Waals surface area contributed by atoms with Crippen LogP contribution < -0.4 is 9.64 Å². The highest BCUT2D eigenvalue weighted by atomic mass is 16.5. The number of ether oxygens (including phenoxy) is 1. The molecule has 0 saturated carbocycles. The first-order chi connectivity index (χ1) is 10.5. The molecule has 4 nitrogen and oxygen atoms in total. The van der Waals surface area contributed by atoms with Crippen LogP contribution in [0.15, 0.2) is 48.5 Å². The van der Waals surface area contributed by atoms with Crippen LogP contribution in [0, 0.1) is 0 Å². The molecule has 0 aliphatic carbocycles. The molecule has 0 atom stereocenters. The van der Waals surface area contributed by atoms with E-state index in [9.17, 15) is 9.59 Å². The van der Waals surface area contributed by atoms with E-state index in [1.807, 2.05) is 31.1 Å². The van der Waals surface area contributed by atoms with Crippen LogP contribution in [0.4, 0.5) is 5.69 Å². The molecule has 0 N–H and O–H groups in total. The molecule has 0 radical (unpaired) electrons. The molecule has 0 aromatic heterocycles. The maximum atomic E-state index is 12.2. The van der Waals surface area contributed by atoms with Crippen LogP contribution in [0.1, 0.15) is 27.1 Å². The van der Waals surface area contributed by atoms with E-state index in [2.05, 4.69) is 0 Å². The lowest BCUT2D eigenvalue weighted by Gasteiger charge is -2.12. The number of rotatable bonds is 6. The van der Waals surface area contributed by atoms with Crippen molar-refractivity contribution in [2.75, 3.05) is 26.1 Å². The van der Waals surface area contributed by atoms with Gasteiger partial charge in [-0.3, -0.25) is 9.59 Å². The summed E-state index contributed by atoms with van der Waals surface area (Å²) in [6, 6.07) is 14.0. The second-order valence-electron chi connectivity index (χ2n) is 5.19. The van der Waals surface area contributed by atoms with Gasteiger partial charge in [-0.2, -0.15) is 0 Å². The van der Waals surface area contributed by atoms with Gasteiger partial charge in [-0.15, -0.1) is 0 Å². The summed E-state index contributed by atoms with van der Waals surface area (Å²) >= 11 is 0. The number of nitrogens with zero attached hydrogens (tertiary/aromatic N) is 1. The van der Waals surface area contributed by atoms with Gasteiger partial charge in [-0.05, 0) is 48.5 Å². The van der Waals surface area contributed by atoms with Crippen molar-refractivity contribution in [3.8, 4) is 5.75 Å². The van der Waals surface area contributed by atoms with Crippen molar-refractivity contribution in [2.45, 2.75) is 6.42 Å². The summed E-state index contributed by atoms with van der Waals surface area (Å²) in [7, 11) is 5.44. The van der Waals surface area contributed by atoms with Crippen LogP contribution in [0.2, 0.25) is 0 Å². The van der Waals surface area contributed by atoms with Gasteiger partial charge < -0.3 is 9.64 Å². The molecule has 2 rings (SSSR count). The Bertz CT molecular complexity index is 658. The molecule has 2 aromatic carbocycles. The van der Waals surface area contributed by atoms with E-state index in [1.165, 1.54) is 0 Å². The first kappa shape index (κ1) is 15.8. The Balaban J connectivity index is 2.05. The molecule has 4 heteroatoms. The number of hydrogen-bond acceptors (Lipinski definition) is 4. The van der Waals surface area contributed by atoms with E-state index in [-0.39, 0.29) is 18.0 Å². The van der Waals surface area contributed by atoms with Gasteiger partial charge in [0.2, 0.25) is 0 Å². The van der Waals surface area contributed by atoms with Gasteiger partial charge in [0.1, 0.15) is 5.75 Å². The fraction of sp³-hybridized carbons (Fsp3) is 0.222. The predicted molar refractivity (Wildman–Crippen MR) is 87.0 cm³/mol. The monoisotopic (exact) mass is 297 g/mol. The maximum Gasteiger partial charge on any atom is 0.170 e. The normalized spacial score (nSPS) is 10.1. The van der Waals surface area contributed by atoms with Gasteiger partial charge in [0.15, 0.2) is 11.6 Å². The number of anilines is 1. The van der Waals surface area contributed by atoms with Gasteiger partial charge in [0, 0.05) is 30.9 Å². The van der Waals surface area contributed by atoms with Crippen molar-refractivity contribution in [3.63, 3.8) is 0 Å². The number of benzene rings is 2. The molecule has 0 heterocycles. The standard InChI is InChI=1S/C18H19NO3/c1-19(2)15-8-4-13(5-9-15)17(20)12-18(21)14-6-10-16(22-3)11-7-14/h4-11H,12H2,1-3H3. The van der Waals surface area contributed by atoms with Gasteiger partial charge in [0.25, 0.3) is 0 Å². The van der Waals surface area contributed by atoms with E-state index in [4.69, 9.17) is 4.74 Å². The summed E-state index contributed by atoms with van der Waals surface area (Å²) in [6.45, 7) is 0. The number of Topliss-reactive ketones (excluding diaryl/α,β-unsaturated/α-hetero) is 2. The minimum absolute atomic E-state index is 0.131. The Morgan fingerprint density at radius 3 is 1.73 bits per heavy atom. The lowest BCUT2D eigenvalue weighted by molar-refractivity contribution is 0.0894. The highest BCUT2D eigenvalue weighted by Crippen LogP contribution is 2.16. The van der Waals surface area contributed by atoms with Crippen LogP contribution in [0.25, 0.3) is 0 Å². The summed E-state index contributed by atoms with van der Waals surface area (Å²) in [5.41, 5.74) is 2.07. The molecular formula is C18H19NO3. The number of carbonyl (C=O) groups is 2. The zero-order chi connectivity index (χ0) is 16.1. The third kappa shape index (κ3) is 3.73. The molecule has 0 saturated heterocycles. The number of methoxy groups -OCH3 is 1. The zero-order valence-electron chi connectivity index (χ0n) is 13.0. The lowest BCUT2D eigenvalue weighted by Crippen LogP contribution is -2.10. The largest absolute Gasteiger partial charge is 0.497 e. The average Bonchev–Trinajstić information content (AvgIpc) is 2.54. The average molecular weight is 297 g/mol. The van der Waals surface area contributed by atoms with Crippen molar-refractivity contribution >= 4 is 17.3 Å². The zero-order valence-corrected chi connectivity index (χ0v) is 13.0. The topological polar surface area (TPSA) is 46.6 Å². The summed E-state index contributed by atoms with van der Waals surface area (Å²) < 4.78 is 5.05. The smallest absolute Gasteiger partial charge is 0.170 e. The summed E-state index contributed by atoms with van der Waals surface area (Å²) in [5.74, 6) is 0.317. The predicted octanol–water partition coefficient (Wildman–Crippen LogP) is 3.22. The van der Waals surface area contributed by atoms with E-state index >= 15 is 0 Å². The Morgan fingerprint density at radius 2 is 1.32 bits per heavy atom. The lowest BCUT2D eigenvalue weighted by atomic mass is 10.0. The second kappa shape index (κ2) is 6.89. The van der Waals surface area contributed by atoms with E-state index in [0.717, 1.165) is 5.69 Å². The van der Waals surface area contributed by atoms with Gasteiger partial charge in [-0.25, -0.2) is 0 Å². The molecular weight excluding hydrogens is 278 g/mol. The Hall–Kier alpha value is -2.62. The number of hydrogen-bond donors (Lipinski definition) is 0. The van der Waals surface area contributed by atoms with Gasteiger partial charge >= 0.3 is 0 Å². The summed E-state index contributed by atoms with van der Waals surface area (Å²) in [4.78, 5) is 26.3. The van der Waals surface area contributed by atoms with Gasteiger partial charge in [-0.1, -0.05) is 0 Å². The molecule has 0 bridgehead atoms. The fourth-order valence-corrected chi connectivity index (χ4v) is 2.07. The first-order valence-electron chi connectivity index (χ1n) is 6.99. The Kier molecular flexibility index (Phi) is 4.94. The number of carbonyl (C=O) groups excluding carboxylic acids is 2. The molecule has 0 unspecified atom stereocenters. The Morgan fingerprint density at radius 1 is 0.864 bits per heavy atom. The maximum absolute atomic E-state index is 12.2. The minimum Gasteiger partial charge on any atom is -0.497 e. The van der Waals surface area contributed by atoms with Crippen molar-refractivity contribution in [2.24, 2.45) is 0 Å². The second-order valence-corrected chi connectivity index (χ2v) is 5.19. The quantitative estimate of drug-likeness (QED) is 0.607. The highest BCUT2D eigenvalue weighted by molar-refractivity contribution is 6.13. The molecule has 0 fully saturated rings. The highest BCUT2D eigenvalue weighted by Gasteiger charge is 2.14. The molecule has 0 amide bonds. The van der Waals surface area contributed by atoms with Crippen LogP contribution in [0.3, 0.4) is 0 Å². The minimum atomic E-state index is -0.190. The molecule has 22 heavy (non-hydrogen) atoms. The van der Waals surface area contributed by atoms with Crippen LogP contribution in [0.5, 0.6) is 5.75 Å². The molecule has 114 valence electrons. The van der Waals surface area contributed by atoms with Gasteiger partial charge in [0.05, 0.1) is 13.5 Å². The molecule has 0 aliphatic rings. The van der Waals surface area contributed by atoms with Crippen molar-refractivity contribution in [1.29, 1.82) is 0 Å². The molecule has 0 aliphatic heterocycles. The third-order valence-corrected chi connectivity index (χ3v) is 3.44. The van der Waals surface area contributed by atoms with E-state index in [1.54, 1.807) is 43.5 Å². The van der Waals surface area contributed by atoms with Crippen molar-refractivity contribution in [1.82, 2.24) is 0 Å². The van der Waals surface area contributed by atoms with Crippen LogP contribution >= 0.6 is 0 Å². The van der Waals surface area contributed by atoms with Crippen LogP contribution in [-0.4, -0.2) is 32.8 Å². The molecule has 0 spiro atoms. The Labute approximate surface area is 130 Å². The van der Waals surface area contributed by atoms with E-state index < -0.39 is 0 Å². The summed E-state index contributed by atoms with van der Waals surface area (Å²) in [6.07, 6.45) is -0.131. The fourth-order valence-electron chi connectivity index (χ4n) is 2.07. The third-order valence-electron chi connectivity index (χ3n) is 3.44. The van der Waals surface area contributed by atoms with E-state index in [0.29, 0.717) is 16.9 Å². The first-order valence-corrected chi connectivity index (χ1v) is 6.99. The molecule has 2 aromatic rings. The SMILES string of the molecule is COc1ccc(C(=O)CC(=O)c2ccc(N(C)C)cc2)cc1. The van der Waals surface area contributed by atoms with Crippen molar-refractivity contribution in [3.05, 3.63) is 59.7 Å².